The Kier molecular flexibility index (Phi) is 4.76. The van der Waals surface area contributed by atoms with Crippen LogP contribution in [0.15, 0.2) is 23.1 Å². The van der Waals surface area contributed by atoms with E-state index in [0.717, 1.165) is 19.3 Å². The largest absolute Gasteiger partial charge is 0.481 e. The lowest BCUT2D eigenvalue weighted by molar-refractivity contribution is -0.137. The van der Waals surface area contributed by atoms with Crippen LogP contribution >= 0.6 is 24.0 Å². The van der Waals surface area contributed by atoms with Gasteiger partial charge in [0.15, 0.2) is 0 Å². The van der Waals surface area contributed by atoms with Crippen molar-refractivity contribution < 1.29 is 14.7 Å². The van der Waals surface area contributed by atoms with Gasteiger partial charge >= 0.3 is 5.97 Å². The van der Waals surface area contributed by atoms with Crippen LogP contribution in [0.2, 0.25) is 0 Å². The maximum Gasteiger partial charge on any atom is 0.305 e. The van der Waals surface area contributed by atoms with Crippen LogP contribution in [0.3, 0.4) is 0 Å². The molecule has 1 saturated heterocycles. The van der Waals surface area contributed by atoms with Gasteiger partial charge in [0.25, 0.3) is 5.91 Å². The van der Waals surface area contributed by atoms with E-state index >= 15 is 0 Å². The van der Waals surface area contributed by atoms with Crippen molar-refractivity contribution in [3.05, 3.63) is 23.1 Å². The number of carbonyl (C=O) groups is 2. The number of thioether (sulfide) groups is 1. The van der Waals surface area contributed by atoms with Gasteiger partial charge in [0, 0.05) is 6.54 Å². The second-order valence-corrected chi connectivity index (χ2v) is 6.22. The summed E-state index contributed by atoms with van der Waals surface area (Å²) in [6, 6.07) is 0. The van der Waals surface area contributed by atoms with Gasteiger partial charge in [-0.1, -0.05) is 42.2 Å². The molecule has 1 aliphatic heterocycles. The number of carbonyl (C=O) groups excluding carboxylic acids is 1. The van der Waals surface area contributed by atoms with Crippen molar-refractivity contribution >= 4 is 40.2 Å². The Hall–Kier alpha value is -1.14. The molecule has 1 aliphatic carbocycles. The van der Waals surface area contributed by atoms with Gasteiger partial charge in [-0.3, -0.25) is 14.5 Å². The third kappa shape index (κ3) is 3.67. The average Bonchev–Trinajstić information content (AvgIpc) is 2.63. The van der Waals surface area contributed by atoms with E-state index in [1.54, 1.807) is 0 Å². The van der Waals surface area contributed by atoms with E-state index in [9.17, 15) is 9.59 Å². The molecule has 0 unspecified atom stereocenters. The van der Waals surface area contributed by atoms with Crippen molar-refractivity contribution in [3.8, 4) is 0 Å². The van der Waals surface area contributed by atoms with Crippen molar-refractivity contribution in [3.63, 3.8) is 0 Å². The van der Waals surface area contributed by atoms with E-state index in [2.05, 4.69) is 12.2 Å². The fourth-order valence-corrected chi connectivity index (χ4v) is 3.47. The van der Waals surface area contributed by atoms with Crippen LogP contribution in [0.1, 0.15) is 25.7 Å². The summed E-state index contributed by atoms with van der Waals surface area (Å²) in [5, 5.41) is 8.66. The Morgan fingerprint density at radius 3 is 3.00 bits per heavy atom. The number of aliphatic carboxylic acids is 1. The molecule has 0 aromatic rings. The molecule has 0 bridgehead atoms. The molecular formula is C13H15NO3S2. The minimum Gasteiger partial charge on any atom is -0.481 e. The number of carboxylic acid groups (broad SMARTS) is 1. The number of hydrogen-bond donors (Lipinski definition) is 1. The molecular weight excluding hydrogens is 282 g/mol. The number of carboxylic acids is 1. The number of allylic oxidation sites excluding steroid dienone is 3. The van der Waals surface area contributed by atoms with Crippen LogP contribution in [-0.2, 0) is 9.59 Å². The van der Waals surface area contributed by atoms with Crippen molar-refractivity contribution in [2.75, 3.05) is 6.54 Å². The lowest BCUT2D eigenvalue weighted by Gasteiger charge is -2.14. The Bertz CT molecular complexity index is 471. The molecule has 4 nitrogen and oxygen atoms in total. The van der Waals surface area contributed by atoms with E-state index in [1.165, 1.54) is 16.7 Å². The van der Waals surface area contributed by atoms with Crippen LogP contribution < -0.4 is 0 Å². The SMILES string of the molecule is O=C(O)CCN1C(=O)/C(=C/[C@H]2CC=CCC2)SC1=S. The van der Waals surface area contributed by atoms with Gasteiger partial charge in [-0.15, -0.1) is 0 Å². The zero-order chi connectivity index (χ0) is 13.8. The number of hydrogen-bond acceptors (Lipinski definition) is 4. The molecule has 6 heteroatoms. The van der Waals surface area contributed by atoms with E-state index < -0.39 is 5.97 Å². The quantitative estimate of drug-likeness (QED) is 0.491. The average molecular weight is 297 g/mol. The monoisotopic (exact) mass is 297 g/mol. The Morgan fingerprint density at radius 2 is 2.37 bits per heavy atom. The van der Waals surface area contributed by atoms with Gasteiger partial charge in [-0.05, 0) is 25.2 Å². The highest BCUT2D eigenvalue weighted by atomic mass is 32.2. The zero-order valence-corrected chi connectivity index (χ0v) is 12.0. The van der Waals surface area contributed by atoms with Crippen molar-refractivity contribution in [1.29, 1.82) is 0 Å². The first kappa shape index (κ1) is 14.3. The molecule has 0 aromatic heterocycles. The smallest absolute Gasteiger partial charge is 0.305 e. The number of rotatable bonds is 4. The molecule has 0 saturated carbocycles. The molecule has 0 aromatic carbocycles. The van der Waals surface area contributed by atoms with E-state index in [1.807, 2.05) is 6.08 Å². The van der Waals surface area contributed by atoms with Crippen molar-refractivity contribution in [1.82, 2.24) is 4.90 Å². The van der Waals surface area contributed by atoms with Gasteiger partial charge in [0.1, 0.15) is 4.32 Å². The highest BCUT2D eigenvalue weighted by Crippen LogP contribution is 2.33. The van der Waals surface area contributed by atoms with Gasteiger partial charge < -0.3 is 5.11 Å². The standard InChI is InChI=1S/C13H15NO3S2/c15-11(16)6-7-14-12(17)10(19-13(14)18)8-9-4-2-1-3-5-9/h1-2,8-9H,3-7H2,(H,15,16)/b10-8-/t9-/m0/s1. The van der Waals surface area contributed by atoms with Gasteiger partial charge in [0.2, 0.25) is 0 Å². The first-order valence-electron chi connectivity index (χ1n) is 6.20. The molecule has 0 spiro atoms. The van der Waals surface area contributed by atoms with Crippen LogP contribution in [0, 0.1) is 5.92 Å². The van der Waals surface area contributed by atoms with Crippen LogP contribution in [0.25, 0.3) is 0 Å². The molecule has 19 heavy (non-hydrogen) atoms. The maximum atomic E-state index is 12.1. The summed E-state index contributed by atoms with van der Waals surface area (Å²) in [7, 11) is 0. The molecule has 0 radical (unpaired) electrons. The second kappa shape index (κ2) is 6.34. The summed E-state index contributed by atoms with van der Waals surface area (Å²) in [6.45, 7) is 0.155. The van der Waals surface area contributed by atoms with Crippen LogP contribution in [0.4, 0.5) is 0 Å². The molecule has 2 rings (SSSR count). The fourth-order valence-electron chi connectivity index (χ4n) is 2.10. The summed E-state index contributed by atoms with van der Waals surface area (Å²) < 4.78 is 0.462. The van der Waals surface area contributed by atoms with E-state index in [-0.39, 0.29) is 18.9 Å². The second-order valence-electron chi connectivity index (χ2n) is 4.54. The Balaban J connectivity index is 2.02. The molecule has 1 amide bonds. The topological polar surface area (TPSA) is 57.6 Å². The van der Waals surface area contributed by atoms with Crippen LogP contribution in [0.5, 0.6) is 0 Å². The van der Waals surface area contributed by atoms with Crippen molar-refractivity contribution in [2.24, 2.45) is 5.92 Å². The normalized spacial score (nSPS) is 25.4. The number of thiocarbonyl (C=S) groups is 1. The first-order valence-corrected chi connectivity index (χ1v) is 7.42. The van der Waals surface area contributed by atoms with Gasteiger partial charge in [-0.2, -0.15) is 0 Å². The predicted molar refractivity (Wildman–Crippen MR) is 78.7 cm³/mol. The third-order valence-corrected chi connectivity index (χ3v) is 4.52. The summed E-state index contributed by atoms with van der Waals surface area (Å²) in [4.78, 5) is 24.7. The van der Waals surface area contributed by atoms with Gasteiger partial charge in [0.05, 0.1) is 11.3 Å². The zero-order valence-electron chi connectivity index (χ0n) is 10.4. The predicted octanol–water partition coefficient (Wildman–Crippen LogP) is 2.56. The third-order valence-electron chi connectivity index (χ3n) is 3.12. The van der Waals surface area contributed by atoms with Crippen molar-refractivity contribution in [2.45, 2.75) is 25.7 Å². The Morgan fingerprint density at radius 1 is 1.58 bits per heavy atom. The first-order chi connectivity index (χ1) is 9.08. The molecule has 1 heterocycles. The van der Waals surface area contributed by atoms with E-state index in [0.29, 0.717) is 15.1 Å². The van der Waals surface area contributed by atoms with E-state index in [4.69, 9.17) is 17.3 Å². The summed E-state index contributed by atoms with van der Waals surface area (Å²) in [5.74, 6) is -0.681. The molecule has 1 atom stereocenters. The highest BCUT2D eigenvalue weighted by Gasteiger charge is 2.32. The molecule has 102 valence electrons. The minimum absolute atomic E-state index is 0.0775. The Labute approximate surface area is 121 Å². The highest BCUT2D eigenvalue weighted by molar-refractivity contribution is 8.26. The summed E-state index contributed by atoms with van der Waals surface area (Å²) >= 11 is 6.41. The number of amides is 1. The number of nitrogens with zero attached hydrogens (tertiary/aromatic N) is 1. The maximum absolute atomic E-state index is 12.1. The lowest BCUT2D eigenvalue weighted by Crippen LogP contribution is -2.30. The molecule has 1 N–H and O–H groups in total. The van der Waals surface area contributed by atoms with Crippen LogP contribution in [-0.4, -0.2) is 32.7 Å². The summed E-state index contributed by atoms with van der Waals surface area (Å²) in [6.07, 6.45) is 9.25. The lowest BCUT2D eigenvalue weighted by atomic mass is 9.94. The van der Waals surface area contributed by atoms with Gasteiger partial charge in [-0.25, -0.2) is 0 Å². The molecule has 2 aliphatic rings. The summed E-state index contributed by atoms with van der Waals surface area (Å²) in [5.41, 5.74) is 0. The minimum atomic E-state index is -0.921. The molecule has 1 fully saturated rings. The fraction of sp³-hybridized carbons (Fsp3) is 0.462.